The smallest absolute Gasteiger partial charge is 0.224 e. The summed E-state index contributed by atoms with van der Waals surface area (Å²) in [5.41, 5.74) is 0. The quantitative estimate of drug-likeness (QED) is 0.676. The summed E-state index contributed by atoms with van der Waals surface area (Å²) in [6.07, 6.45) is 7.01. The number of rotatable bonds is 7. The summed E-state index contributed by atoms with van der Waals surface area (Å²) in [5, 5.41) is 12.1. The van der Waals surface area contributed by atoms with Crippen LogP contribution in [-0.2, 0) is 9.53 Å². The van der Waals surface area contributed by atoms with Gasteiger partial charge in [0.25, 0.3) is 0 Å². The standard InChI is InChI=1S/C22H36N6O2/c29-22(23-9-5-12-26-10-2-1-3-11-26)19-6-4-13-28(18-19)21-8-7-20(24-25-21)27-14-16-30-17-15-27/h7-8,19H,1-6,9-18H2,(H,23,29). The third-order valence-electron chi connectivity index (χ3n) is 6.49. The number of nitrogens with zero attached hydrogens (tertiary/aromatic N) is 5. The fraction of sp³-hybridized carbons (Fsp3) is 0.773. The highest BCUT2D eigenvalue weighted by atomic mass is 16.5. The molecule has 166 valence electrons. The molecule has 0 bridgehead atoms. The SMILES string of the molecule is O=C(NCCCN1CCCCC1)C1CCCN(c2ccc(N3CCOCC3)nn2)C1. The van der Waals surface area contributed by atoms with Gasteiger partial charge in [0.15, 0.2) is 11.6 Å². The predicted molar refractivity (Wildman–Crippen MR) is 118 cm³/mol. The molecule has 1 amide bonds. The first-order valence-corrected chi connectivity index (χ1v) is 11.7. The van der Waals surface area contributed by atoms with E-state index in [9.17, 15) is 4.79 Å². The number of morpholine rings is 1. The van der Waals surface area contributed by atoms with Crippen molar-refractivity contribution in [2.75, 3.05) is 75.4 Å². The van der Waals surface area contributed by atoms with Gasteiger partial charge in [-0.3, -0.25) is 4.79 Å². The zero-order valence-corrected chi connectivity index (χ0v) is 18.1. The Balaban J connectivity index is 1.21. The van der Waals surface area contributed by atoms with Gasteiger partial charge < -0.3 is 24.8 Å². The number of piperidine rings is 2. The highest BCUT2D eigenvalue weighted by Crippen LogP contribution is 2.23. The molecule has 0 saturated carbocycles. The second kappa shape index (κ2) is 10.9. The largest absolute Gasteiger partial charge is 0.378 e. The Morgan fingerprint density at radius 2 is 1.70 bits per heavy atom. The van der Waals surface area contributed by atoms with E-state index in [0.29, 0.717) is 0 Å². The van der Waals surface area contributed by atoms with Crippen molar-refractivity contribution in [1.82, 2.24) is 20.4 Å². The van der Waals surface area contributed by atoms with E-state index < -0.39 is 0 Å². The maximum absolute atomic E-state index is 12.7. The highest BCUT2D eigenvalue weighted by Gasteiger charge is 2.26. The molecule has 0 aromatic carbocycles. The number of nitrogens with one attached hydrogen (secondary N) is 1. The van der Waals surface area contributed by atoms with Gasteiger partial charge in [0.05, 0.1) is 19.1 Å². The third kappa shape index (κ3) is 5.82. The molecule has 1 aromatic rings. The number of anilines is 2. The van der Waals surface area contributed by atoms with Gasteiger partial charge in [0, 0.05) is 32.7 Å². The van der Waals surface area contributed by atoms with E-state index >= 15 is 0 Å². The van der Waals surface area contributed by atoms with E-state index in [1.807, 2.05) is 12.1 Å². The van der Waals surface area contributed by atoms with Gasteiger partial charge in [0.1, 0.15) is 0 Å². The molecular weight excluding hydrogens is 380 g/mol. The summed E-state index contributed by atoms with van der Waals surface area (Å²) in [5.74, 6) is 2.00. The zero-order valence-electron chi connectivity index (χ0n) is 18.1. The van der Waals surface area contributed by atoms with Crippen LogP contribution in [0.4, 0.5) is 11.6 Å². The predicted octanol–water partition coefficient (Wildman–Crippen LogP) is 1.52. The Hall–Kier alpha value is -1.93. The van der Waals surface area contributed by atoms with Crippen LogP contribution in [0.25, 0.3) is 0 Å². The van der Waals surface area contributed by atoms with E-state index in [1.54, 1.807) is 0 Å². The van der Waals surface area contributed by atoms with Gasteiger partial charge in [-0.25, -0.2) is 0 Å². The number of amides is 1. The van der Waals surface area contributed by atoms with Gasteiger partial charge in [-0.2, -0.15) is 0 Å². The van der Waals surface area contributed by atoms with Gasteiger partial charge in [-0.15, -0.1) is 10.2 Å². The molecule has 4 heterocycles. The maximum Gasteiger partial charge on any atom is 0.224 e. The van der Waals surface area contributed by atoms with Crippen LogP contribution in [-0.4, -0.2) is 86.6 Å². The molecule has 0 radical (unpaired) electrons. The minimum absolute atomic E-state index is 0.0365. The van der Waals surface area contributed by atoms with Crippen molar-refractivity contribution in [1.29, 1.82) is 0 Å². The topological polar surface area (TPSA) is 73.8 Å². The molecule has 1 aromatic heterocycles. The fourth-order valence-corrected chi connectivity index (χ4v) is 4.69. The Kier molecular flexibility index (Phi) is 7.75. The second-order valence-corrected chi connectivity index (χ2v) is 8.68. The first-order valence-electron chi connectivity index (χ1n) is 11.7. The van der Waals surface area contributed by atoms with Crippen LogP contribution in [0, 0.1) is 5.92 Å². The number of ether oxygens (including phenoxy) is 1. The fourth-order valence-electron chi connectivity index (χ4n) is 4.69. The molecule has 0 aliphatic carbocycles. The average molecular weight is 417 g/mol. The van der Waals surface area contributed by atoms with Crippen LogP contribution < -0.4 is 15.1 Å². The lowest BCUT2D eigenvalue weighted by molar-refractivity contribution is -0.125. The van der Waals surface area contributed by atoms with Gasteiger partial charge >= 0.3 is 0 Å². The number of aromatic nitrogens is 2. The Bertz CT molecular complexity index is 658. The number of carbonyl (C=O) groups is 1. The lowest BCUT2D eigenvalue weighted by Crippen LogP contribution is -2.44. The normalized spacial score (nSPS) is 23.4. The Morgan fingerprint density at radius 3 is 2.43 bits per heavy atom. The maximum atomic E-state index is 12.7. The Morgan fingerprint density at radius 1 is 0.967 bits per heavy atom. The number of hydrogen-bond acceptors (Lipinski definition) is 7. The molecule has 30 heavy (non-hydrogen) atoms. The minimum atomic E-state index is 0.0365. The molecule has 3 aliphatic rings. The van der Waals surface area contributed by atoms with E-state index in [-0.39, 0.29) is 11.8 Å². The van der Waals surface area contributed by atoms with Crippen molar-refractivity contribution in [3.05, 3.63) is 12.1 Å². The van der Waals surface area contributed by atoms with Crippen LogP contribution in [0.2, 0.25) is 0 Å². The summed E-state index contributed by atoms with van der Waals surface area (Å²) in [7, 11) is 0. The number of carbonyl (C=O) groups excluding carboxylic acids is 1. The summed E-state index contributed by atoms with van der Waals surface area (Å²) in [6, 6.07) is 4.08. The molecule has 1 N–H and O–H groups in total. The summed E-state index contributed by atoms with van der Waals surface area (Å²) in [6.45, 7) is 9.17. The molecule has 4 rings (SSSR count). The van der Waals surface area contributed by atoms with Gasteiger partial charge in [-0.05, 0) is 63.9 Å². The van der Waals surface area contributed by atoms with Crippen LogP contribution in [0.5, 0.6) is 0 Å². The van der Waals surface area contributed by atoms with Crippen molar-refractivity contribution in [3.8, 4) is 0 Å². The van der Waals surface area contributed by atoms with E-state index in [2.05, 4.69) is 30.2 Å². The first-order chi connectivity index (χ1) is 14.8. The van der Waals surface area contributed by atoms with E-state index in [1.165, 1.54) is 32.4 Å². The van der Waals surface area contributed by atoms with Crippen LogP contribution in [0.3, 0.4) is 0 Å². The van der Waals surface area contributed by atoms with E-state index in [0.717, 1.165) is 83.4 Å². The highest BCUT2D eigenvalue weighted by molar-refractivity contribution is 5.79. The van der Waals surface area contributed by atoms with E-state index in [4.69, 9.17) is 4.74 Å². The Labute approximate surface area is 179 Å². The van der Waals surface area contributed by atoms with Crippen molar-refractivity contribution in [2.24, 2.45) is 5.92 Å². The van der Waals surface area contributed by atoms with Crippen molar-refractivity contribution in [3.63, 3.8) is 0 Å². The average Bonchev–Trinajstić information content (AvgIpc) is 2.83. The summed E-state index contributed by atoms with van der Waals surface area (Å²) in [4.78, 5) is 19.6. The van der Waals surface area contributed by atoms with Crippen molar-refractivity contribution in [2.45, 2.75) is 38.5 Å². The van der Waals surface area contributed by atoms with Crippen LogP contribution in [0.15, 0.2) is 12.1 Å². The summed E-state index contributed by atoms with van der Waals surface area (Å²) >= 11 is 0. The lowest BCUT2D eigenvalue weighted by Gasteiger charge is -2.33. The molecule has 0 spiro atoms. The zero-order chi connectivity index (χ0) is 20.6. The summed E-state index contributed by atoms with van der Waals surface area (Å²) < 4.78 is 5.40. The number of likely N-dealkylation sites (tertiary alicyclic amines) is 1. The van der Waals surface area contributed by atoms with Gasteiger partial charge in [-0.1, -0.05) is 6.42 Å². The monoisotopic (exact) mass is 416 g/mol. The molecule has 3 saturated heterocycles. The molecule has 8 heteroatoms. The number of hydrogen-bond donors (Lipinski definition) is 1. The van der Waals surface area contributed by atoms with Gasteiger partial charge in [0.2, 0.25) is 5.91 Å². The first kappa shape index (κ1) is 21.3. The van der Waals surface area contributed by atoms with Crippen LogP contribution >= 0.6 is 0 Å². The minimum Gasteiger partial charge on any atom is -0.378 e. The van der Waals surface area contributed by atoms with Crippen molar-refractivity contribution >= 4 is 17.5 Å². The molecule has 1 unspecified atom stereocenters. The second-order valence-electron chi connectivity index (χ2n) is 8.68. The van der Waals surface area contributed by atoms with Crippen LogP contribution in [0.1, 0.15) is 38.5 Å². The third-order valence-corrected chi connectivity index (χ3v) is 6.49. The molecule has 1 atom stereocenters. The molecule has 8 nitrogen and oxygen atoms in total. The molecule has 3 aliphatic heterocycles. The molecule has 3 fully saturated rings. The van der Waals surface area contributed by atoms with Crippen molar-refractivity contribution < 1.29 is 9.53 Å². The lowest BCUT2D eigenvalue weighted by atomic mass is 9.97. The molecular formula is C22H36N6O2.